The highest BCUT2D eigenvalue weighted by molar-refractivity contribution is 7.08. The average molecular weight is 324 g/mol. The van der Waals surface area contributed by atoms with E-state index >= 15 is 0 Å². The lowest BCUT2D eigenvalue weighted by Gasteiger charge is -2.32. The summed E-state index contributed by atoms with van der Waals surface area (Å²) in [7, 11) is 1.50. The highest BCUT2D eigenvalue weighted by Gasteiger charge is 2.24. The van der Waals surface area contributed by atoms with Gasteiger partial charge in [-0.1, -0.05) is 0 Å². The largest absolute Gasteiger partial charge is 0.349 e. The Morgan fingerprint density at radius 2 is 2.05 bits per heavy atom. The molecule has 4 amide bonds. The Kier molecular flexibility index (Phi) is 5.76. The molecule has 2 rings (SSSR count). The summed E-state index contributed by atoms with van der Waals surface area (Å²) in [5, 5.41) is 11.6. The van der Waals surface area contributed by atoms with Crippen LogP contribution in [-0.2, 0) is 4.79 Å². The molecule has 1 fully saturated rings. The number of thiophene rings is 1. The van der Waals surface area contributed by atoms with Crippen molar-refractivity contribution in [1.29, 1.82) is 0 Å². The molecule has 2 heterocycles. The first-order valence-corrected chi connectivity index (χ1v) is 8.11. The quantitative estimate of drug-likeness (QED) is 0.749. The lowest BCUT2D eigenvalue weighted by atomic mass is 10.0. The fourth-order valence-corrected chi connectivity index (χ4v) is 2.93. The maximum absolute atomic E-state index is 12.0. The van der Waals surface area contributed by atoms with Gasteiger partial charge >= 0.3 is 6.03 Å². The number of carbonyl (C=O) groups excluding carboxylic acids is 3. The van der Waals surface area contributed by atoms with E-state index in [0.29, 0.717) is 18.7 Å². The maximum Gasteiger partial charge on any atom is 0.314 e. The van der Waals surface area contributed by atoms with E-state index in [9.17, 15) is 14.4 Å². The van der Waals surface area contributed by atoms with Gasteiger partial charge in [0, 0.05) is 37.1 Å². The molecule has 1 aliphatic heterocycles. The lowest BCUT2D eigenvalue weighted by molar-refractivity contribution is -0.131. The van der Waals surface area contributed by atoms with Crippen LogP contribution in [-0.4, -0.2) is 55.5 Å². The molecule has 1 aromatic rings. The van der Waals surface area contributed by atoms with Gasteiger partial charge in [-0.3, -0.25) is 9.59 Å². The van der Waals surface area contributed by atoms with Gasteiger partial charge in [0.2, 0.25) is 5.91 Å². The first kappa shape index (κ1) is 16.3. The zero-order chi connectivity index (χ0) is 15.9. The van der Waals surface area contributed by atoms with E-state index in [4.69, 9.17) is 0 Å². The summed E-state index contributed by atoms with van der Waals surface area (Å²) in [6, 6.07) is 1.51. The Morgan fingerprint density at radius 1 is 1.32 bits per heavy atom. The topological polar surface area (TPSA) is 90.5 Å². The van der Waals surface area contributed by atoms with Crippen molar-refractivity contribution in [3.8, 4) is 0 Å². The smallest absolute Gasteiger partial charge is 0.314 e. The molecule has 0 aliphatic carbocycles. The van der Waals surface area contributed by atoms with Gasteiger partial charge in [-0.25, -0.2) is 4.79 Å². The second-order valence-electron chi connectivity index (χ2n) is 5.07. The fraction of sp³-hybridized carbons (Fsp3) is 0.500. The van der Waals surface area contributed by atoms with Gasteiger partial charge in [-0.2, -0.15) is 11.3 Å². The number of rotatable bonds is 4. The maximum atomic E-state index is 12.0. The van der Waals surface area contributed by atoms with Crippen LogP contribution in [0.3, 0.4) is 0 Å². The highest BCUT2D eigenvalue weighted by atomic mass is 32.1. The molecule has 0 spiro atoms. The number of likely N-dealkylation sites (tertiary alicyclic amines) is 1. The van der Waals surface area contributed by atoms with Crippen molar-refractivity contribution in [2.75, 3.05) is 26.7 Å². The minimum atomic E-state index is -0.369. The van der Waals surface area contributed by atoms with Crippen molar-refractivity contribution >= 4 is 29.2 Å². The molecule has 0 saturated carbocycles. The van der Waals surface area contributed by atoms with E-state index in [1.807, 2.05) is 10.8 Å². The molecule has 0 radical (unpaired) electrons. The minimum absolute atomic E-state index is 0.00833. The van der Waals surface area contributed by atoms with Gasteiger partial charge in [0.25, 0.3) is 5.91 Å². The molecule has 8 heteroatoms. The molecule has 1 saturated heterocycles. The number of hydrogen-bond acceptors (Lipinski definition) is 4. The Bertz CT molecular complexity index is 524. The van der Waals surface area contributed by atoms with Crippen molar-refractivity contribution in [3.63, 3.8) is 0 Å². The molecule has 7 nitrogen and oxygen atoms in total. The molecular weight excluding hydrogens is 304 g/mol. The van der Waals surface area contributed by atoms with Gasteiger partial charge in [0.05, 0.1) is 6.54 Å². The van der Waals surface area contributed by atoms with Gasteiger partial charge in [0.1, 0.15) is 0 Å². The van der Waals surface area contributed by atoms with Crippen LogP contribution >= 0.6 is 11.3 Å². The average Bonchev–Trinajstić information content (AvgIpc) is 3.07. The predicted octanol–water partition coefficient (Wildman–Crippen LogP) is 0.398. The van der Waals surface area contributed by atoms with Crippen molar-refractivity contribution in [2.24, 2.45) is 0 Å². The van der Waals surface area contributed by atoms with E-state index in [-0.39, 0.29) is 30.4 Å². The molecule has 1 aliphatic rings. The summed E-state index contributed by atoms with van der Waals surface area (Å²) < 4.78 is 0. The highest BCUT2D eigenvalue weighted by Crippen LogP contribution is 2.12. The van der Waals surface area contributed by atoms with Crippen LogP contribution in [0, 0.1) is 0 Å². The predicted molar refractivity (Wildman–Crippen MR) is 83.8 cm³/mol. The number of carbonyl (C=O) groups is 3. The Hall–Kier alpha value is -2.09. The van der Waals surface area contributed by atoms with Crippen LogP contribution in [0.2, 0.25) is 0 Å². The second kappa shape index (κ2) is 7.79. The van der Waals surface area contributed by atoms with Crippen molar-refractivity contribution in [2.45, 2.75) is 18.9 Å². The van der Waals surface area contributed by atoms with Crippen LogP contribution in [0.4, 0.5) is 4.79 Å². The summed E-state index contributed by atoms with van der Waals surface area (Å²) in [5.74, 6) is -0.168. The molecule has 1 aromatic heterocycles. The molecule has 0 unspecified atom stereocenters. The Labute approximate surface area is 133 Å². The third-order valence-electron chi connectivity index (χ3n) is 3.59. The number of nitrogens with zero attached hydrogens (tertiary/aromatic N) is 1. The zero-order valence-corrected chi connectivity index (χ0v) is 13.2. The second-order valence-corrected chi connectivity index (χ2v) is 5.85. The van der Waals surface area contributed by atoms with Crippen LogP contribution in [0.5, 0.6) is 0 Å². The SMILES string of the molecule is CNC(=O)NCC(=O)N1CCC(NC(=O)c2ccsc2)CC1. The Balaban J connectivity index is 1.72. The zero-order valence-electron chi connectivity index (χ0n) is 12.4. The van der Waals surface area contributed by atoms with Crippen molar-refractivity contribution in [1.82, 2.24) is 20.9 Å². The number of hydrogen-bond donors (Lipinski definition) is 3. The minimum Gasteiger partial charge on any atom is -0.349 e. The standard InChI is InChI=1S/C14H20N4O3S/c1-15-14(21)16-8-12(19)18-5-2-11(3-6-18)17-13(20)10-4-7-22-9-10/h4,7,9,11H,2-3,5-6,8H2,1H3,(H,17,20)(H2,15,16,21). The number of piperidine rings is 1. The van der Waals surface area contributed by atoms with Crippen molar-refractivity contribution in [3.05, 3.63) is 22.4 Å². The van der Waals surface area contributed by atoms with Gasteiger partial charge < -0.3 is 20.9 Å². The van der Waals surface area contributed by atoms with E-state index in [2.05, 4.69) is 16.0 Å². The molecule has 3 N–H and O–H groups in total. The van der Waals surface area contributed by atoms with Gasteiger partial charge in [-0.05, 0) is 24.3 Å². The summed E-state index contributed by atoms with van der Waals surface area (Å²) >= 11 is 1.49. The van der Waals surface area contributed by atoms with Crippen LogP contribution in [0.1, 0.15) is 23.2 Å². The number of nitrogens with one attached hydrogen (secondary N) is 3. The van der Waals surface area contributed by atoms with E-state index in [1.54, 1.807) is 11.0 Å². The summed E-state index contributed by atoms with van der Waals surface area (Å²) in [5.41, 5.74) is 0.679. The summed E-state index contributed by atoms with van der Waals surface area (Å²) in [6.07, 6.45) is 1.45. The molecule has 0 bridgehead atoms. The molecule has 0 atom stereocenters. The first-order valence-electron chi connectivity index (χ1n) is 7.16. The summed E-state index contributed by atoms with van der Waals surface area (Å²) in [6.45, 7) is 1.16. The third kappa shape index (κ3) is 4.45. The van der Waals surface area contributed by atoms with Crippen LogP contribution in [0.15, 0.2) is 16.8 Å². The molecular formula is C14H20N4O3S. The van der Waals surface area contributed by atoms with E-state index in [1.165, 1.54) is 18.4 Å². The molecule has 120 valence electrons. The van der Waals surface area contributed by atoms with Gasteiger partial charge in [-0.15, -0.1) is 0 Å². The fourth-order valence-electron chi connectivity index (χ4n) is 2.29. The van der Waals surface area contributed by atoms with Gasteiger partial charge in [0.15, 0.2) is 0 Å². The van der Waals surface area contributed by atoms with Crippen LogP contribution < -0.4 is 16.0 Å². The molecule has 22 heavy (non-hydrogen) atoms. The summed E-state index contributed by atoms with van der Waals surface area (Å²) in [4.78, 5) is 36.6. The lowest BCUT2D eigenvalue weighted by Crippen LogP contribution is -2.49. The van der Waals surface area contributed by atoms with E-state index in [0.717, 1.165) is 12.8 Å². The Morgan fingerprint density at radius 3 is 2.64 bits per heavy atom. The normalized spacial score (nSPS) is 15.2. The first-order chi connectivity index (χ1) is 10.6. The van der Waals surface area contributed by atoms with Crippen molar-refractivity contribution < 1.29 is 14.4 Å². The molecule has 0 aromatic carbocycles. The third-order valence-corrected chi connectivity index (χ3v) is 4.28. The van der Waals surface area contributed by atoms with Crippen LogP contribution in [0.25, 0.3) is 0 Å². The monoisotopic (exact) mass is 324 g/mol. The number of urea groups is 1. The number of amides is 4. The van der Waals surface area contributed by atoms with E-state index < -0.39 is 0 Å².